The van der Waals surface area contributed by atoms with Gasteiger partial charge in [0, 0.05) is 30.0 Å². The summed E-state index contributed by atoms with van der Waals surface area (Å²) in [6, 6.07) is 5.96. The van der Waals surface area contributed by atoms with Crippen LogP contribution in [0.5, 0.6) is 0 Å². The van der Waals surface area contributed by atoms with Crippen LogP contribution in [-0.4, -0.2) is 46.7 Å². The summed E-state index contributed by atoms with van der Waals surface area (Å²) in [5, 5.41) is 10.7. The van der Waals surface area contributed by atoms with Crippen LogP contribution in [0.2, 0.25) is 0 Å². The van der Waals surface area contributed by atoms with Gasteiger partial charge in [-0.3, -0.25) is 19.8 Å². The topological polar surface area (TPSA) is 63.5 Å². The molecule has 0 saturated carbocycles. The number of nitrogens with zero attached hydrogens (tertiary/aromatic N) is 2. The third-order valence-corrected chi connectivity index (χ3v) is 4.11. The predicted octanol–water partition coefficient (Wildman–Crippen LogP) is 2.22. The van der Waals surface area contributed by atoms with E-state index in [0.29, 0.717) is 12.1 Å². The number of nitro benzene ring substituents is 1. The second kappa shape index (κ2) is 6.68. The van der Waals surface area contributed by atoms with Crippen LogP contribution in [0.4, 0.5) is 5.69 Å². The van der Waals surface area contributed by atoms with Crippen LogP contribution in [0.25, 0.3) is 0 Å². The molecule has 1 aromatic carbocycles. The van der Waals surface area contributed by atoms with Gasteiger partial charge in [-0.1, -0.05) is 12.1 Å². The van der Waals surface area contributed by atoms with Crippen LogP contribution in [-0.2, 0) is 0 Å². The van der Waals surface area contributed by atoms with Crippen molar-refractivity contribution in [3.05, 3.63) is 39.9 Å². The number of hydrogen-bond acceptors (Lipinski definition) is 5. The minimum absolute atomic E-state index is 0.0303. The van der Waals surface area contributed by atoms with Gasteiger partial charge in [0.05, 0.1) is 11.5 Å². The molecule has 19 heavy (non-hydrogen) atoms. The standard InChI is InChI=1S/C13H16N2O3S/c16-13(10-14-5-2-7-19-8-6-14)11-3-1-4-12(9-11)15(17)18/h1,3-4,9H,2,5-8,10H2. The maximum absolute atomic E-state index is 12.1. The molecule has 102 valence electrons. The molecule has 6 heteroatoms. The fourth-order valence-corrected chi connectivity index (χ4v) is 2.97. The van der Waals surface area contributed by atoms with Crippen LogP contribution in [0, 0.1) is 10.1 Å². The Morgan fingerprint density at radius 1 is 1.37 bits per heavy atom. The molecular weight excluding hydrogens is 264 g/mol. The summed E-state index contributed by atoms with van der Waals surface area (Å²) >= 11 is 1.91. The van der Waals surface area contributed by atoms with E-state index >= 15 is 0 Å². The molecule has 0 amide bonds. The highest BCUT2D eigenvalue weighted by Gasteiger charge is 2.16. The predicted molar refractivity (Wildman–Crippen MR) is 75.8 cm³/mol. The number of benzene rings is 1. The van der Waals surface area contributed by atoms with Crippen LogP contribution in [0.1, 0.15) is 16.8 Å². The van der Waals surface area contributed by atoms with Gasteiger partial charge in [-0.15, -0.1) is 0 Å². The van der Waals surface area contributed by atoms with Crippen LogP contribution >= 0.6 is 11.8 Å². The van der Waals surface area contributed by atoms with E-state index in [1.54, 1.807) is 12.1 Å². The average molecular weight is 280 g/mol. The average Bonchev–Trinajstić information content (AvgIpc) is 2.67. The summed E-state index contributed by atoms with van der Waals surface area (Å²) in [6.45, 7) is 2.18. The third-order valence-electron chi connectivity index (χ3n) is 3.06. The summed E-state index contributed by atoms with van der Waals surface area (Å²) in [7, 11) is 0. The van der Waals surface area contributed by atoms with Gasteiger partial charge in [-0.05, 0) is 18.7 Å². The second-order valence-corrected chi connectivity index (χ2v) is 5.70. The first-order valence-electron chi connectivity index (χ1n) is 6.24. The Labute approximate surface area is 116 Å². The largest absolute Gasteiger partial charge is 0.295 e. The highest BCUT2D eigenvalue weighted by Crippen LogP contribution is 2.15. The number of hydrogen-bond donors (Lipinski definition) is 0. The Hall–Kier alpha value is -1.40. The van der Waals surface area contributed by atoms with Gasteiger partial charge in [0.1, 0.15) is 0 Å². The summed E-state index contributed by atoms with van der Waals surface area (Å²) in [6.07, 6.45) is 1.09. The third kappa shape index (κ3) is 4.04. The fraction of sp³-hybridized carbons (Fsp3) is 0.462. The normalized spacial score (nSPS) is 16.8. The molecular formula is C13H16N2O3S. The van der Waals surface area contributed by atoms with Gasteiger partial charge >= 0.3 is 0 Å². The Morgan fingerprint density at radius 3 is 3.00 bits per heavy atom. The van der Waals surface area contributed by atoms with Crippen molar-refractivity contribution in [3.63, 3.8) is 0 Å². The van der Waals surface area contributed by atoms with E-state index in [2.05, 4.69) is 4.90 Å². The van der Waals surface area contributed by atoms with E-state index in [0.717, 1.165) is 31.0 Å². The highest BCUT2D eigenvalue weighted by atomic mass is 32.2. The van der Waals surface area contributed by atoms with Gasteiger partial charge in [-0.25, -0.2) is 0 Å². The molecule has 0 bridgehead atoms. The number of Topliss-reactive ketones (excluding diaryl/α,β-unsaturated/α-hetero) is 1. The van der Waals surface area contributed by atoms with E-state index < -0.39 is 4.92 Å². The molecule has 0 N–H and O–H groups in total. The molecule has 0 radical (unpaired) electrons. The first-order chi connectivity index (χ1) is 9.16. The van der Waals surface area contributed by atoms with Crippen LogP contribution in [0.3, 0.4) is 0 Å². The van der Waals surface area contributed by atoms with Crippen molar-refractivity contribution in [1.82, 2.24) is 4.90 Å². The van der Waals surface area contributed by atoms with Crippen molar-refractivity contribution >= 4 is 23.2 Å². The van der Waals surface area contributed by atoms with Gasteiger partial charge in [0.25, 0.3) is 5.69 Å². The lowest BCUT2D eigenvalue weighted by Gasteiger charge is -2.18. The lowest BCUT2D eigenvalue weighted by Crippen LogP contribution is -2.31. The molecule has 1 aliphatic rings. The smallest absolute Gasteiger partial charge is 0.270 e. The Bertz CT molecular complexity index is 471. The van der Waals surface area contributed by atoms with Crippen molar-refractivity contribution < 1.29 is 9.72 Å². The Balaban J connectivity index is 2.02. The number of carbonyl (C=O) groups is 1. The lowest BCUT2D eigenvalue weighted by molar-refractivity contribution is -0.384. The molecule has 5 nitrogen and oxygen atoms in total. The maximum Gasteiger partial charge on any atom is 0.270 e. The first-order valence-corrected chi connectivity index (χ1v) is 7.40. The Kier molecular flexibility index (Phi) is 4.93. The van der Waals surface area contributed by atoms with Gasteiger partial charge in [-0.2, -0.15) is 11.8 Å². The number of thioether (sulfide) groups is 1. The number of non-ortho nitro benzene ring substituents is 1. The summed E-state index contributed by atoms with van der Waals surface area (Å²) in [5.41, 5.74) is 0.392. The van der Waals surface area contributed by atoms with E-state index in [9.17, 15) is 14.9 Å². The summed E-state index contributed by atoms with van der Waals surface area (Å²) < 4.78 is 0. The summed E-state index contributed by atoms with van der Waals surface area (Å²) in [4.78, 5) is 24.5. The molecule has 1 heterocycles. The molecule has 0 unspecified atom stereocenters. The first kappa shape index (κ1) is 14.0. The second-order valence-electron chi connectivity index (χ2n) is 4.47. The monoisotopic (exact) mass is 280 g/mol. The SMILES string of the molecule is O=C(CN1CCCSCC1)c1cccc([N+](=O)[O-])c1. The minimum Gasteiger partial charge on any atom is -0.295 e. The molecule has 0 aliphatic carbocycles. The minimum atomic E-state index is -0.473. The molecule has 1 aliphatic heterocycles. The quantitative estimate of drug-likeness (QED) is 0.481. The molecule has 1 fully saturated rings. The van der Waals surface area contributed by atoms with Gasteiger partial charge < -0.3 is 0 Å². The van der Waals surface area contributed by atoms with Crippen LogP contribution < -0.4 is 0 Å². The number of carbonyl (C=O) groups excluding carboxylic acids is 1. The van der Waals surface area contributed by atoms with Gasteiger partial charge in [0.15, 0.2) is 5.78 Å². The Morgan fingerprint density at radius 2 is 2.21 bits per heavy atom. The molecule has 1 saturated heterocycles. The molecule has 0 aromatic heterocycles. The number of nitro groups is 1. The van der Waals surface area contributed by atoms with Crippen molar-refractivity contribution in [3.8, 4) is 0 Å². The molecule has 1 aromatic rings. The van der Waals surface area contributed by atoms with Gasteiger partial charge in [0.2, 0.25) is 0 Å². The van der Waals surface area contributed by atoms with E-state index in [1.165, 1.54) is 12.1 Å². The zero-order valence-corrected chi connectivity index (χ0v) is 11.4. The summed E-state index contributed by atoms with van der Waals surface area (Å²) in [5.74, 6) is 2.14. The lowest BCUT2D eigenvalue weighted by atomic mass is 10.1. The number of ketones is 1. The van der Waals surface area contributed by atoms with Crippen molar-refractivity contribution in [1.29, 1.82) is 0 Å². The van der Waals surface area contributed by atoms with E-state index in [1.807, 2.05) is 11.8 Å². The van der Waals surface area contributed by atoms with Crippen molar-refractivity contribution in [2.75, 3.05) is 31.1 Å². The highest BCUT2D eigenvalue weighted by molar-refractivity contribution is 7.99. The molecule has 0 spiro atoms. The maximum atomic E-state index is 12.1. The van der Waals surface area contributed by atoms with Crippen molar-refractivity contribution in [2.45, 2.75) is 6.42 Å². The zero-order chi connectivity index (χ0) is 13.7. The zero-order valence-electron chi connectivity index (χ0n) is 10.6. The number of rotatable bonds is 4. The van der Waals surface area contributed by atoms with E-state index in [4.69, 9.17) is 0 Å². The molecule has 2 rings (SSSR count). The molecule has 0 atom stereocenters. The van der Waals surface area contributed by atoms with E-state index in [-0.39, 0.29) is 11.5 Å². The van der Waals surface area contributed by atoms with Crippen molar-refractivity contribution in [2.24, 2.45) is 0 Å². The van der Waals surface area contributed by atoms with Crippen LogP contribution in [0.15, 0.2) is 24.3 Å². The fourth-order valence-electron chi connectivity index (χ4n) is 2.04.